The van der Waals surface area contributed by atoms with Gasteiger partial charge in [-0.15, -0.1) is 0 Å². The molecule has 0 saturated heterocycles. The molecule has 0 radical (unpaired) electrons. The largest absolute Gasteiger partial charge is 0.416 e. The first-order valence-corrected chi connectivity index (χ1v) is 5.87. The van der Waals surface area contributed by atoms with Crippen LogP contribution < -0.4 is 5.32 Å². The minimum absolute atomic E-state index is 0.474. The maximum atomic E-state index is 12.7. The van der Waals surface area contributed by atoms with E-state index in [9.17, 15) is 13.2 Å². The number of H-pyrrole nitrogens is 1. The molecule has 0 aliphatic carbocycles. The molecule has 2 rings (SSSR count). The topological polar surface area (TPSA) is 40.7 Å². The highest BCUT2D eigenvalue weighted by molar-refractivity contribution is 5.62. The normalized spacial score (nSPS) is 11.8. The van der Waals surface area contributed by atoms with E-state index in [1.165, 1.54) is 12.4 Å². The maximum absolute atomic E-state index is 12.7. The molecule has 0 spiro atoms. The van der Waals surface area contributed by atoms with E-state index >= 15 is 0 Å². The number of nitrogens with zero attached hydrogens (tertiary/aromatic N) is 1. The van der Waals surface area contributed by atoms with Crippen LogP contribution in [0.3, 0.4) is 0 Å². The zero-order chi connectivity index (χ0) is 13.9. The van der Waals surface area contributed by atoms with Gasteiger partial charge in [0.2, 0.25) is 0 Å². The second kappa shape index (κ2) is 5.44. The summed E-state index contributed by atoms with van der Waals surface area (Å²) in [6, 6.07) is 5.21. The number of hydrogen-bond donors (Lipinski definition) is 2. The first kappa shape index (κ1) is 13.6. The summed E-state index contributed by atoms with van der Waals surface area (Å²) < 4.78 is 38.0. The lowest BCUT2D eigenvalue weighted by molar-refractivity contribution is -0.137. The van der Waals surface area contributed by atoms with Crippen LogP contribution in [0, 0.1) is 0 Å². The molecule has 2 N–H and O–H groups in total. The van der Waals surface area contributed by atoms with Crippen LogP contribution in [0.4, 0.5) is 13.2 Å². The summed E-state index contributed by atoms with van der Waals surface area (Å²) in [5, 5.41) is 2.99. The van der Waals surface area contributed by atoms with Crippen LogP contribution in [0.5, 0.6) is 0 Å². The fourth-order valence-corrected chi connectivity index (χ4v) is 1.85. The number of aromatic nitrogens is 2. The molecule has 6 heteroatoms. The molecule has 0 amide bonds. The van der Waals surface area contributed by atoms with Crippen LogP contribution in [0.2, 0.25) is 0 Å². The number of likely N-dealkylation sites (N-methyl/N-ethyl adjacent to an activating group) is 1. The Balaban J connectivity index is 2.34. The third-order valence-corrected chi connectivity index (χ3v) is 2.81. The van der Waals surface area contributed by atoms with Crippen molar-refractivity contribution in [1.82, 2.24) is 15.3 Å². The average molecular weight is 269 g/mol. The Kier molecular flexibility index (Phi) is 3.90. The summed E-state index contributed by atoms with van der Waals surface area (Å²) in [5.74, 6) is 0. The molecule has 2 aromatic rings. The van der Waals surface area contributed by atoms with Gasteiger partial charge in [-0.1, -0.05) is 12.1 Å². The van der Waals surface area contributed by atoms with Crippen molar-refractivity contribution >= 4 is 0 Å². The molecular weight excluding hydrogens is 255 g/mol. The highest BCUT2D eigenvalue weighted by Crippen LogP contribution is 2.32. The number of aromatic amines is 1. The number of nitrogens with one attached hydrogen (secondary N) is 2. The standard InChI is InChI=1S/C13H14F3N3/c1-17-6-5-11-12(19-8-18-11)9-3-2-4-10(7-9)13(14,15)16/h2-4,7-8,17H,5-6H2,1H3,(H,18,19). The Morgan fingerprint density at radius 2 is 2.11 bits per heavy atom. The fraction of sp³-hybridized carbons (Fsp3) is 0.308. The molecule has 0 atom stereocenters. The van der Waals surface area contributed by atoms with Crippen molar-refractivity contribution in [1.29, 1.82) is 0 Å². The zero-order valence-electron chi connectivity index (χ0n) is 10.4. The molecule has 1 aromatic carbocycles. The lowest BCUT2D eigenvalue weighted by atomic mass is 10.1. The Bertz CT molecular complexity index is 546. The van der Waals surface area contributed by atoms with Gasteiger partial charge in [-0.05, 0) is 19.2 Å². The van der Waals surface area contributed by atoms with Gasteiger partial charge in [-0.3, -0.25) is 0 Å². The second-order valence-electron chi connectivity index (χ2n) is 4.16. The SMILES string of the molecule is CNCCc1[nH]cnc1-c1cccc(C(F)(F)F)c1. The number of imidazole rings is 1. The molecule has 0 unspecified atom stereocenters. The minimum Gasteiger partial charge on any atom is -0.348 e. The highest BCUT2D eigenvalue weighted by Gasteiger charge is 2.30. The third kappa shape index (κ3) is 3.14. The van der Waals surface area contributed by atoms with Crippen molar-refractivity contribution < 1.29 is 13.2 Å². The van der Waals surface area contributed by atoms with Crippen LogP contribution >= 0.6 is 0 Å². The number of halogens is 3. The monoisotopic (exact) mass is 269 g/mol. The molecule has 0 aliphatic heterocycles. The first-order chi connectivity index (χ1) is 9.02. The van der Waals surface area contributed by atoms with Gasteiger partial charge < -0.3 is 10.3 Å². The van der Waals surface area contributed by atoms with Gasteiger partial charge in [0.1, 0.15) is 0 Å². The second-order valence-corrected chi connectivity index (χ2v) is 4.16. The van der Waals surface area contributed by atoms with Crippen LogP contribution in [0.15, 0.2) is 30.6 Å². The number of benzene rings is 1. The summed E-state index contributed by atoms with van der Waals surface area (Å²) >= 11 is 0. The van der Waals surface area contributed by atoms with E-state index in [2.05, 4.69) is 15.3 Å². The molecule has 0 saturated carbocycles. The van der Waals surface area contributed by atoms with Gasteiger partial charge in [-0.25, -0.2) is 4.98 Å². The molecule has 0 aliphatic rings. The van der Waals surface area contributed by atoms with E-state index < -0.39 is 11.7 Å². The summed E-state index contributed by atoms with van der Waals surface area (Å²) in [4.78, 5) is 7.08. The molecule has 102 valence electrons. The van der Waals surface area contributed by atoms with Gasteiger partial charge in [-0.2, -0.15) is 13.2 Å². The van der Waals surface area contributed by atoms with Crippen LogP contribution in [-0.4, -0.2) is 23.6 Å². The molecule has 0 bridgehead atoms. The molecule has 0 fully saturated rings. The molecule has 19 heavy (non-hydrogen) atoms. The van der Waals surface area contributed by atoms with Crippen molar-refractivity contribution in [3.05, 3.63) is 41.9 Å². The van der Waals surface area contributed by atoms with Gasteiger partial charge in [0.15, 0.2) is 0 Å². The van der Waals surface area contributed by atoms with Crippen LogP contribution in [0.25, 0.3) is 11.3 Å². The Hall–Kier alpha value is -1.82. The number of alkyl halides is 3. The van der Waals surface area contributed by atoms with Crippen molar-refractivity contribution in [3.8, 4) is 11.3 Å². The summed E-state index contributed by atoms with van der Waals surface area (Å²) in [7, 11) is 1.82. The molecule has 1 aromatic heterocycles. The summed E-state index contributed by atoms with van der Waals surface area (Å²) in [5.41, 5.74) is 1.21. The van der Waals surface area contributed by atoms with Crippen molar-refractivity contribution in [2.75, 3.05) is 13.6 Å². The van der Waals surface area contributed by atoms with Crippen molar-refractivity contribution in [2.45, 2.75) is 12.6 Å². The van der Waals surface area contributed by atoms with E-state index in [1.807, 2.05) is 7.05 Å². The van der Waals surface area contributed by atoms with Gasteiger partial charge in [0.25, 0.3) is 0 Å². The van der Waals surface area contributed by atoms with E-state index in [-0.39, 0.29) is 0 Å². The predicted octanol–water partition coefficient (Wildman–Crippen LogP) is 2.86. The van der Waals surface area contributed by atoms with E-state index in [4.69, 9.17) is 0 Å². The average Bonchev–Trinajstić information content (AvgIpc) is 2.83. The maximum Gasteiger partial charge on any atom is 0.416 e. The quantitative estimate of drug-likeness (QED) is 0.896. The Morgan fingerprint density at radius 3 is 2.79 bits per heavy atom. The smallest absolute Gasteiger partial charge is 0.348 e. The number of rotatable bonds is 4. The van der Waals surface area contributed by atoms with Gasteiger partial charge >= 0.3 is 6.18 Å². The van der Waals surface area contributed by atoms with Gasteiger partial charge in [0.05, 0.1) is 17.6 Å². The lowest BCUT2D eigenvalue weighted by Crippen LogP contribution is -2.11. The van der Waals surface area contributed by atoms with E-state index in [1.54, 1.807) is 6.07 Å². The first-order valence-electron chi connectivity index (χ1n) is 5.87. The number of hydrogen-bond acceptors (Lipinski definition) is 2. The predicted molar refractivity (Wildman–Crippen MR) is 66.7 cm³/mol. The van der Waals surface area contributed by atoms with Crippen molar-refractivity contribution in [2.24, 2.45) is 0 Å². The van der Waals surface area contributed by atoms with E-state index in [0.29, 0.717) is 17.7 Å². The highest BCUT2D eigenvalue weighted by atomic mass is 19.4. The molecular formula is C13H14F3N3. The minimum atomic E-state index is -4.34. The fourth-order valence-electron chi connectivity index (χ4n) is 1.85. The third-order valence-electron chi connectivity index (χ3n) is 2.81. The van der Waals surface area contributed by atoms with E-state index in [0.717, 1.165) is 24.4 Å². The lowest BCUT2D eigenvalue weighted by Gasteiger charge is -2.08. The zero-order valence-corrected chi connectivity index (χ0v) is 10.4. The van der Waals surface area contributed by atoms with Crippen molar-refractivity contribution in [3.63, 3.8) is 0 Å². The summed E-state index contributed by atoms with van der Waals surface area (Å²) in [6.45, 7) is 0.730. The molecule has 1 heterocycles. The van der Waals surface area contributed by atoms with Crippen LogP contribution in [-0.2, 0) is 12.6 Å². The van der Waals surface area contributed by atoms with Gasteiger partial charge in [0, 0.05) is 24.2 Å². The summed E-state index contributed by atoms with van der Waals surface area (Å²) in [6.07, 6.45) is -2.15. The Labute approximate surface area is 108 Å². The molecule has 3 nitrogen and oxygen atoms in total. The van der Waals surface area contributed by atoms with Crippen LogP contribution in [0.1, 0.15) is 11.3 Å². The Morgan fingerprint density at radius 1 is 1.32 bits per heavy atom.